The predicted molar refractivity (Wildman–Crippen MR) is 118 cm³/mol. The van der Waals surface area contributed by atoms with Crippen molar-refractivity contribution in [3.05, 3.63) is 83.6 Å². The second-order valence-electron chi connectivity index (χ2n) is 7.62. The van der Waals surface area contributed by atoms with Crippen LogP contribution < -0.4 is 0 Å². The van der Waals surface area contributed by atoms with Crippen LogP contribution in [-0.4, -0.2) is 39.1 Å². The fourth-order valence-electron chi connectivity index (χ4n) is 4.06. The molecule has 5 nitrogen and oxygen atoms in total. The summed E-state index contributed by atoms with van der Waals surface area (Å²) in [6, 6.07) is 17.9. The predicted octanol–water partition coefficient (Wildman–Crippen LogP) is 4.80. The van der Waals surface area contributed by atoms with Crippen LogP contribution in [0.1, 0.15) is 33.7 Å². The van der Waals surface area contributed by atoms with Crippen molar-refractivity contribution < 1.29 is 9.59 Å². The highest BCUT2D eigenvalue weighted by atomic mass is 32.1. The van der Waals surface area contributed by atoms with Crippen molar-refractivity contribution in [3.8, 4) is 11.1 Å². The average molecular weight is 416 g/mol. The Kier molecular flexibility index (Phi) is 4.93. The summed E-state index contributed by atoms with van der Waals surface area (Å²) in [4.78, 5) is 33.0. The Labute approximate surface area is 178 Å². The molecule has 5 rings (SSSR count). The molecule has 150 valence electrons. The third kappa shape index (κ3) is 3.55. The molecule has 2 aromatic carbocycles. The maximum Gasteiger partial charge on any atom is 0.274 e. The third-order valence-electron chi connectivity index (χ3n) is 5.67. The minimum atomic E-state index is -0.172. The van der Waals surface area contributed by atoms with E-state index in [-0.39, 0.29) is 17.6 Å². The first-order valence-electron chi connectivity index (χ1n) is 10.1. The molecule has 0 N–H and O–H groups in total. The van der Waals surface area contributed by atoms with Crippen molar-refractivity contribution in [2.45, 2.75) is 12.8 Å². The van der Waals surface area contributed by atoms with Gasteiger partial charge in [0.15, 0.2) is 10.7 Å². The lowest BCUT2D eigenvalue weighted by Crippen LogP contribution is -2.42. The number of imidazole rings is 1. The van der Waals surface area contributed by atoms with Gasteiger partial charge in [0.25, 0.3) is 5.91 Å². The normalized spacial score (nSPS) is 16.7. The number of amides is 1. The zero-order chi connectivity index (χ0) is 20.5. The molecule has 2 aromatic heterocycles. The molecular formula is C24H21N3O2S. The van der Waals surface area contributed by atoms with Crippen molar-refractivity contribution in [1.29, 1.82) is 0 Å². The zero-order valence-electron chi connectivity index (χ0n) is 16.4. The molecule has 4 aromatic rings. The number of carbonyl (C=O) groups is 2. The van der Waals surface area contributed by atoms with E-state index in [0.29, 0.717) is 24.3 Å². The number of likely N-dealkylation sites (tertiary alicyclic amines) is 1. The van der Waals surface area contributed by atoms with Gasteiger partial charge in [-0.3, -0.25) is 14.0 Å². The van der Waals surface area contributed by atoms with Crippen LogP contribution in [0.5, 0.6) is 0 Å². The maximum atomic E-state index is 13.1. The fraction of sp³-hybridized carbons (Fsp3) is 0.208. The number of piperidine rings is 1. The molecule has 0 unspecified atom stereocenters. The summed E-state index contributed by atoms with van der Waals surface area (Å²) in [7, 11) is 0. The van der Waals surface area contributed by atoms with Crippen molar-refractivity contribution >= 4 is 28.0 Å². The second-order valence-corrected chi connectivity index (χ2v) is 8.49. The summed E-state index contributed by atoms with van der Waals surface area (Å²) in [6.45, 7) is 1.12. The number of Topliss-reactive ketones (excluding diaryl/α,β-unsaturated/α-hetero) is 1. The van der Waals surface area contributed by atoms with Crippen LogP contribution >= 0.6 is 11.3 Å². The molecule has 1 saturated heterocycles. The van der Waals surface area contributed by atoms with E-state index >= 15 is 0 Å². The molecular weight excluding hydrogens is 394 g/mol. The number of ketones is 1. The topological polar surface area (TPSA) is 54.7 Å². The van der Waals surface area contributed by atoms with E-state index in [4.69, 9.17) is 0 Å². The number of fused-ring (bicyclic) bond motifs is 1. The molecule has 1 aliphatic heterocycles. The Morgan fingerprint density at radius 3 is 2.53 bits per heavy atom. The number of rotatable bonds is 4. The van der Waals surface area contributed by atoms with E-state index in [1.54, 1.807) is 11.1 Å². The lowest BCUT2D eigenvalue weighted by Gasteiger charge is -2.31. The zero-order valence-corrected chi connectivity index (χ0v) is 17.2. The Balaban J connectivity index is 1.30. The van der Waals surface area contributed by atoms with Gasteiger partial charge in [-0.15, -0.1) is 11.3 Å². The summed E-state index contributed by atoms with van der Waals surface area (Å²) in [5.41, 5.74) is 3.37. The van der Waals surface area contributed by atoms with Crippen LogP contribution in [0.3, 0.4) is 0 Å². The van der Waals surface area contributed by atoms with Gasteiger partial charge in [0.1, 0.15) is 5.69 Å². The maximum absolute atomic E-state index is 13.1. The number of hydrogen-bond acceptors (Lipinski definition) is 4. The van der Waals surface area contributed by atoms with Crippen LogP contribution in [0.4, 0.5) is 0 Å². The molecule has 0 saturated carbocycles. The number of carbonyl (C=O) groups excluding carboxylic acids is 2. The molecule has 1 amide bonds. The SMILES string of the molecule is O=C(c1ccc(-c2ccccc2)cc1)[C@H]1CCCN(C(=O)c2cn3ccsc3n2)C1. The van der Waals surface area contributed by atoms with E-state index in [0.717, 1.165) is 28.9 Å². The lowest BCUT2D eigenvalue weighted by atomic mass is 9.89. The number of nitrogens with zero attached hydrogens (tertiary/aromatic N) is 3. The minimum absolute atomic E-state index is 0.0946. The molecule has 6 heteroatoms. The van der Waals surface area contributed by atoms with Gasteiger partial charge in [-0.05, 0) is 24.0 Å². The standard InChI is InChI=1S/C24H21N3O2S/c28-22(19-10-8-18(9-11-19)17-5-2-1-3-6-17)20-7-4-12-26(15-20)23(29)21-16-27-13-14-30-24(27)25-21/h1-3,5-6,8-11,13-14,16,20H,4,7,12,15H2/t20-/m0/s1. The third-order valence-corrected chi connectivity index (χ3v) is 6.44. The Morgan fingerprint density at radius 1 is 1.00 bits per heavy atom. The molecule has 0 radical (unpaired) electrons. The minimum Gasteiger partial charge on any atom is -0.337 e. The first-order valence-corrected chi connectivity index (χ1v) is 11.0. The molecule has 0 aliphatic carbocycles. The largest absolute Gasteiger partial charge is 0.337 e. The molecule has 0 bridgehead atoms. The second kappa shape index (κ2) is 7.88. The molecule has 30 heavy (non-hydrogen) atoms. The van der Waals surface area contributed by atoms with E-state index < -0.39 is 0 Å². The number of benzene rings is 2. The van der Waals surface area contributed by atoms with E-state index in [1.807, 2.05) is 58.4 Å². The molecule has 3 heterocycles. The summed E-state index contributed by atoms with van der Waals surface area (Å²) >= 11 is 1.50. The van der Waals surface area contributed by atoms with E-state index in [1.165, 1.54) is 11.3 Å². The molecule has 1 aliphatic rings. The van der Waals surface area contributed by atoms with Crippen LogP contribution in [-0.2, 0) is 0 Å². The van der Waals surface area contributed by atoms with Crippen molar-refractivity contribution in [3.63, 3.8) is 0 Å². The van der Waals surface area contributed by atoms with Gasteiger partial charge >= 0.3 is 0 Å². The Hall–Kier alpha value is -3.25. The first kappa shape index (κ1) is 18.8. The van der Waals surface area contributed by atoms with Crippen LogP contribution in [0.25, 0.3) is 16.1 Å². The van der Waals surface area contributed by atoms with Gasteiger partial charge in [-0.2, -0.15) is 0 Å². The number of hydrogen-bond donors (Lipinski definition) is 0. The quantitative estimate of drug-likeness (QED) is 0.450. The fourth-order valence-corrected chi connectivity index (χ4v) is 4.76. The Bertz CT molecular complexity index is 1170. The molecule has 1 fully saturated rings. The smallest absolute Gasteiger partial charge is 0.274 e. The van der Waals surface area contributed by atoms with Crippen molar-refractivity contribution in [1.82, 2.24) is 14.3 Å². The van der Waals surface area contributed by atoms with E-state index in [2.05, 4.69) is 17.1 Å². The summed E-state index contributed by atoms with van der Waals surface area (Å²) in [6.07, 6.45) is 5.29. The van der Waals surface area contributed by atoms with Gasteiger partial charge in [0.05, 0.1) is 0 Å². The monoisotopic (exact) mass is 415 g/mol. The average Bonchev–Trinajstić information content (AvgIpc) is 3.41. The highest BCUT2D eigenvalue weighted by molar-refractivity contribution is 7.15. The van der Waals surface area contributed by atoms with Crippen LogP contribution in [0.2, 0.25) is 0 Å². The number of aromatic nitrogens is 2. The van der Waals surface area contributed by atoms with Gasteiger partial charge in [0.2, 0.25) is 0 Å². The Morgan fingerprint density at radius 2 is 1.77 bits per heavy atom. The van der Waals surface area contributed by atoms with Crippen molar-refractivity contribution in [2.24, 2.45) is 5.92 Å². The molecule has 1 atom stereocenters. The van der Waals surface area contributed by atoms with E-state index in [9.17, 15) is 9.59 Å². The van der Waals surface area contributed by atoms with Crippen LogP contribution in [0, 0.1) is 5.92 Å². The first-order chi connectivity index (χ1) is 14.7. The van der Waals surface area contributed by atoms with Gasteiger partial charge in [0, 0.05) is 42.3 Å². The van der Waals surface area contributed by atoms with Gasteiger partial charge in [-0.25, -0.2) is 4.98 Å². The highest BCUT2D eigenvalue weighted by Gasteiger charge is 2.30. The summed E-state index contributed by atoms with van der Waals surface area (Å²) in [5, 5.41) is 1.94. The van der Waals surface area contributed by atoms with Gasteiger partial charge < -0.3 is 4.90 Å². The highest BCUT2D eigenvalue weighted by Crippen LogP contribution is 2.25. The van der Waals surface area contributed by atoms with Gasteiger partial charge in [-0.1, -0.05) is 54.6 Å². The van der Waals surface area contributed by atoms with Crippen LogP contribution in [0.15, 0.2) is 72.4 Å². The lowest BCUT2D eigenvalue weighted by molar-refractivity contribution is 0.0632. The number of thiazole rings is 1. The molecule has 0 spiro atoms. The summed E-state index contributed by atoms with van der Waals surface area (Å²) in [5.74, 6) is -0.158. The summed E-state index contributed by atoms with van der Waals surface area (Å²) < 4.78 is 1.86. The van der Waals surface area contributed by atoms with Crippen molar-refractivity contribution in [2.75, 3.05) is 13.1 Å².